The van der Waals surface area contributed by atoms with Crippen LogP contribution < -0.4 is 4.72 Å². The number of alkyl halides is 3. The molecule has 0 aliphatic heterocycles. The van der Waals surface area contributed by atoms with Crippen molar-refractivity contribution in [3.8, 4) is 0 Å². The Morgan fingerprint density at radius 3 is 2.14 bits per heavy atom. The Kier molecular flexibility index (Phi) is 6.01. The van der Waals surface area contributed by atoms with Gasteiger partial charge < -0.3 is 0 Å². The summed E-state index contributed by atoms with van der Waals surface area (Å²) in [4.78, 5) is 0. The van der Waals surface area contributed by atoms with E-state index < -0.39 is 28.0 Å². The lowest BCUT2D eigenvalue weighted by Gasteiger charge is -2.24. The standard InChI is InChI=1S/C14H17ClF3NOS/c1-13(2,3)21(20)19-12(14(16,17)18)9-6-10-4-7-11(15)8-5-10/h4-9,12,19H,1-3H3/b9-6+/t12-,21+/m0/s1. The molecule has 0 aromatic heterocycles. The zero-order chi connectivity index (χ0) is 16.3. The van der Waals surface area contributed by atoms with Gasteiger partial charge in [0.05, 0.1) is 15.7 Å². The first kappa shape index (κ1) is 18.2. The van der Waals surface area contributed by atoms with Crippen molar-refractivity contribution in [2.75, 3.05) is 0 Å². The summed E-state index contributed by atoms with van der Waals surface area (Å²) < 4.78 is 52.1. The van der Waals surface area contributed by atoms with Crippen LogP contribution in [-0.2, 0) is 11.0 Å². The van der Waals surface area contributed by atoms with E-state index >= 15 is 0 Å². The van der Waals surface area contributed by atoms with Crippen LogP contribution in [0.4, 0.5) is 13.2 Å². The maximum Gasteiger partial charge on any atom is 0.408 e. The van der Waals surface area contributed by atoms with Crippen molar-refractivity contribution in [1.29, 1.82) is 0 Å². The van der Waals surface area contributed by atoms with Crippen LogP contribution in [0.1, 0.15) is 26.3 Å². The highest BCUT2D eigenvalue weighted by Crippen LogP contribution is 2.24. The van der Waals surface area contributed by atoms with Crippen LogP contribution >= 0.6 is 11.6 Å². The number of rotatable bonds is 4. The highest BCUT2D eigenvalue weighted by atomic mass is 35.5. The largest absolute Gasteiger partial charge is 0.408 e. The minimum absolute atomic E-state index is 0.506. The average molecular weight is 340 g/mol. The van der Waals surface area contributed by atoms with E-state index in [1.807, 2.05) is 0 Å². The molecule has 0 spiro atoms. The molecule has 0 bridgehead atoms. The second-order valence-electron chi connectivity index (χ2n) is 5.43. The van der Waals surface area contributed by atoms with Crippen LogP contribution in [0.2, 0.25) is 5.02 Å². The molecular formula is C14H17ClF3NOS. The van der Waals surface area contributed by atoms with Crippen LogP contribution in [-0.4, -0.2) is 21.2 Å². The van der Waals surface area contributed by atoms with Crippen molar-refractivity contribution in [3.63, 3.8) is 0 Å². The van der Waals surface area contributed by atoms with Crippen molar-refractivity contribution in [3.05, 3.63) is 40.9 Å². The number of halogens is 4. The summed E-state index contributed by atoms with van der Waals surface area (Å²) in [5.41, 5.74) is 0.581. The van der Waals surface area contributed by atoms with Crippen LogP contribution in [0.5, 0.6) is 0 Å². The topological polar surface area (TPSA) is 29.1 Å². The van der Waals surface area contributed by atoms with E-state index in [1.54, 1.807) is 45.0 Å². The molecule has 0 aliphatic carbocycles. The smallest absolute Gasteiger partial charge is 0.242 e. The Hall–Kier alpha value is -0.850. The molecule has 0 heterocycles. The third kappa shape index (κ3) is 6.20. The van der Waals surface area contributed by atoms with E-state index in [-0.39, 0.29) is 0 Å². The van der Waals surface area contributed by atoms with E-state index in [0.29, 0.717) is 10.6 Å². The quantitative estimate of drug-likeness (QED) is 0.868. The average Bonchev–Trinajstić information content (AvgIpc) is 2.33. The molecule has 0 unspecified atom stereocenters. The van der Waals surface area contributed by atoms with Gasteiger partial charge in [-0.25, -0.2) is 8.93 Å². The number of hydrogen-bond acceptors (Lipinski definition) is 1. The number of benzene rings is 1. The molecule has 1 aromatic rings. The predicted molar refractivity (Wildman–Crippen MR) is 81.4 cm³/mol. The lowest BCUT2D eigenvalue weighted by atomic mass is 10.2. The van der Waals surface area contributed by atoms with Gasteiger partial charge in [0.15, 0.2) is 0 Å². The molecule has 1 aromatic carbocycles. The molecule has 1 rings (SSSR count). The normalized spacial score (nSPS) is 16.1. The molecule has 0 saturated heterocycles. The molecule has 0 amide bonds. The van der Waals surface area contributed by atoms with Crippen molar-refractivity contribution in [2.45, 2.75) is 37.7 Å². The molecule has 2 nitrogen and oxygen atoms in total. The molecule has 118 valence electrons. The molecule has 0 fully saturated rings. The van der Waals surface area contributed by atoms with Crippen LogP contribution in [0.25, 0.3) is 6.08 Å². The van der Waals surface area contributed by atoms with E-state index in [4.69, 9.17) is 11.6 Å². The third-order valence-corrected chi connectivity index (χ3v) is 4.33. The fourth-order valence-electron chi connectivity index (χ4n) is 1.29. The Morgan fingerprint density at radius 2 is 1.71 bits per heavy atom. The van der Waals surface area contributed by atoms with Gasteiger partial charge in [0.25, 0.3) is 0 Å². The molecule has 1 N–H and O–H groups in total. The highest BCUT2D eigenvalue weighted by Gasteiger charge is 2.40. The fourth-order valence-corrected chi connectivity index (χ4v) is 2.21. The van der Waals surface area contributed by atoms with E-state index in [2.05, 4.69) is 4.72 Å². The maximum atomic E-state index is 13.0. The lowest BCUT2D eigenvalue weighted by Crippen LogP contribution is -2.46. The lowest BCUT2D eigenvalue weighted by molar-refractivity contribution is -0.139. The minimum Gasteiger partial charge on any atom is -0.242 e. The van der Waals surface area contributed by atoms with Gasteiger partial charge in [-0.2, -0.15) is 13.2 Å². The summed E-state index contributed by atoms with van der Waals surface area (Å²) >= 11 is 5.71. The van der Waals surface area contributed by atoms with Crippen molar-refractivity contribution >= 4 is 28.7 Å². The second-order valence-corrected chi connectivity index (χ2v) is 7.86. The SMILES string of the molecule is CC(C)(C)[S@@](=O)N[C@@H](/C=C/c1ccc(Cl)cc1)C(F)(F)F. The Bertz CT molecular complexity index is 521. The monoisotopic (exact) mass is 339 g/mol. The van der Waals surface area contributed by atoms with Crippen molar-refractivity contribution in [1.82, 2.24) is 4.72 Å². The Labute approximate surface area is 130 Å². The van der Waals surface area contributed by atoms with Gasteiger partial charge in [-0.3, -0.25) is 0 Å². The van der Waals surface area contributed by atoms with Gasteiger partial charge >= 0.3 is 6.18 Å². The van der Waals surface area contributed by atoms with E-state index in [0.717, 1.165) is 6.08 Å². The summed E-state index contributed by atoms with van der Waals surface area (Å²) in [6, 6.07) is 4.41. The molecular weight excluding hydrogens is 323 g/mol. The first-order valence-electron chi connectivity index (χ1n) is 6.18. The molecule has 7 heteroatoms. The van der Waals surface area contributed by atoms with Gasteiger partial charge in [-0.15, -0.1) is 0 Å². The first-order chi connectivity index (χ1) is 9.50. The highest BCUT2D eigenvalue weighted by molar-refractivity contribution is 7.84. The van der Waals surface area contributed by atoms with Crippen LogP contribution in [0, 0.1) is 0 Å². The first-order valence-corrected chi connectivity index (χ1v) is 7.71. The van der Waals surface area contributed by atoms with Gasteiger partial charge in [0, 0.05) is 5.02 Å². The Balaban J connectivity index is 2.89. The summed E-state index contributed by atoms with van der Waals surface area (Å²) in [5, 5.41) is 0.506. The van der Waals surface area contributed by atoms with Crippen molar-refractivity contribution in [2.24, 2.45) is 0 Å². The van der Waals surface area contributed by atoms with E-state index in [9.17, 15) is 17.4 Å². The van der Waals surface area contributed by atoms with Gasteiger partial charge in [-0.05, 0) is 38.5 Å². The van der Waals surface area contributed by atoms with Crippen molar-refractivity contribution < 1.29 is 17.4 Å². The number of hydrogen-bond donors (Lipinski definition) is 1. The molecule has 0 radical (unpaired) electrons. The fraction of sp³-hybridized carbons (Fsp3) is 0.429. The maximum absolute atomic E-state index is 13.0. The molecule has 0 saturated carbocycles. The zero-order valence-electron chi connectivity index (χ0n) is 11.9. The van der Waals surface area contributed by atoms with Gasteiger partial charge in [0.2, 0.25) is 0 Å². The van der Waals surface area contributed by atoms with E-state index in [1.165, 1.54) is 6.08 Å². The molecule has 0 aliphatic rings. The molecule has 2 atom stereocenters. The van der Waals surface area contributed by atoms with Crippen LogP contribution in [0.3, 0.4) is 0 Å². The predicted octanol–water partition coefficient (Wildman–Crippen LogP) is 4.34. The Morgan fingerprint density at radius 1 is 1.19 bits per heavy atom. The summed E-state index contributed by atoms with van der Waals surface area (Å²) in [5.74, 6) is 0. The number of nitrogens with one attached hydrogen (secondary N) is 1. The van der Waals surface area contributed by atoms with Gasteiger partial charge in [-0.1, -0.05) is 35.9 Å². The molecule has 21 heavy (non-hydrogen) atoms. The van der Waals surface area contributed by atoms with Crippen LogP contribution in [0.15, 0.2) is 30.3 Å². The zero-order valence-corrected chi connectivity index (χ0v) is 13.4. The summed E-state index contributed by atoms with van der Waals surface area (Å²) in [6.45, 7) is 4.81. The summed E-state index contributed by atoms with van der Waals surface area (Å²) in [6.07, 6.45) is -2.25. The second kappa shape index (κ2) is 6.94. The third-order valence-electron chi connectivity index (χ3n) is 2.49. The minimum atomic E-state index is -4.52. The van der Waals surface area contributed by atoms with Gasteiger partial charge in [0.1, 0.15) is 6.04 Å². The summed E-state index contributed by atoms with van der Waals surface area (Å²) in [7, 11) is -1.82.